The van der Waals surface area contributed by atoms with Crippen LogP contribution < -0.4 is 4.90 Å². The number of anilines is 1. The highest BCUT2D eigenvalue weighted by Crippen LogP contribution is 2.34. The molecule has 6 nitrogen and oxygen atoms in total. The summed E-state index contributed by atoms with van der Waals surface area (Å²) >= 11 is 4.32. The Labute approximate surface area is 150 Å². The lowest BCUT2D eigenvalue weighted by molar-refractivity contribution is -0.131. The van der Waals surface area contributed by atoms with Gasteiger partial charge in [-0.25, -0.2) is 9.78 Å². The van der Waals surface area contributed by atoms with Crippen LogP contribution in [0.15, 0.2) is 53.8 Å². The molecule has 0 saturated heterocycles. The number of nitrogens with zero attached hydrogens (tertiary/aromatic N) is 2. The number of hydrogen-bond acceptors (Lipinski definition) is 6. The zero-order valence-corrected chi connectivity index (χ0v) is 15.2. The van der Waals surface area contributed by atoms with Crippen LogP contribution in [0.25, 0.3) is 17.2 Å². The maximum Gasteiger partial charge on any atom is 0.342 e. The number of rotatable bonds is 5. The van der Waals surface area contributed by atoms with Gasteiger partial charge in [0.25, 0.3) is 5.22 Å². The summed E-state index contributed by atoms with van der Waals surface area (Å²) in [6.07, 6.45) is 1.44. The summed E-state index contributed by atoms with van der Waals surface area (Å²) in [4.78, 5) is 17.6. The molecular formula is C16H13BrN2O4S. The lowest BCUT2D eigenvalue weighted by Gasteiger charge is -2.07. The van der Waals surface area contributed by atoms with Crippen LogP contribution in [0.2, 0.25) is 0 Å². The van der Waals surface area contributed by atoms with Gasteiger partial charge >= 0.3 is 5.97 Å². The predicted octanol–water partition coefficient (Wildman–Crippen LogP) is 4.47. The van der Waals surface area contributed by atoms with Crippen LogP contribution in [0.4, 0.5) is 5.88 Å². The molecule has 1 N–H and O–H groups in total. The Bertz CT molecular complexity index is 896. The molecule has 24 heavy (non-hydrogen) atoms. The van der Waals surface area contributed by atoms with E-state index >= 15 is 0 Å². The number of thioether (sulfide) groups is 1. The van der Waals surface area contributed by atoms with Crippen molar-refractivity contribution in [3.63, 3.8) is 0 Å². The van der Waals surface area contributed by atoms with Crippen molar-refractivity contribution in [1.29, 1.82) is 0 Å². The van der Waals surface area contributed by atoms with E-state index in [1.807, 2.05) is 26.2 Å². The monoisotopic (exact) mass is 408 g/mol. The standard InChI is InChI=1S/C16H13BrN2O4S/c1-19(2)14-10(17)7-9(22-14)8-13(15(20)21)24-16-18-11-5-3-4-6-12(11)23-16/h3-8H,1-2H3,(H,20,21)/b13-8-. The third-order valence-electron chi connectivity index (χ3n) is 3.05. The zero-order chi connectivity index (χ0) is 17.3. The van der Waals surface area contributed by atoms with Gasteiger partial charge in [-0.3, -0.25) is 0 Å². The van der Waals surface area contributed by atoms with Gasteiger partial charge in [0.2, 0.25) is 5.88 Å². The molecule has 0 atom stereocenters. The quantitative estimate of drug-likeness (QED) is 0.492. The molecule has 0 bridgehead atoms. The SMILES string of the molecule is CN(C)c1oc(/C=C(\Sc2nc3ccccc3o2)C(=O)O)cc1Br. The van der Waals surface area contributed by atoms with E-state index < -0.39 is 5.97 Å². The van der Waals surface area contributed by atoms with E-state index in [0.29, 0.717) is 22.7 Å². The molecule has 0 spiro atoms. The second kappa shape index (κ2) is 6.74. The smallest absolute Gasteiger partial charge is 0.342 e. The summed E-state index contributed by atoms with van der Waals surface area (Å²) in [7, 11) is 3.67. The average Bonchev–Trinajstić information content (AvgIpc) is 3.09. The summed E-state index contributed by atoms with van der Waals surface area (Å²) in [5, 5.41) is 9.70. The van der Waals surface area contributed by atoms with Gasteiger partial charge in [-0.1, -0.05) is 12.1 Å². The summed E-state index contributed by atoms with van der Waals surface area (Å²) in [6, 6.07) is 8.98. The maximum atomic E-state index is 11.5. The molecule has 8 heteroatoms. The number of aliphatic carboxylic acids is 1. The van der Waals surface area contributed by atoms with Crippen LogP contribution in [-0.4, -0.2) is 30.2 Å². The van der Waals surface area contributed by atoms with Crippen LogP contribution in [0.1, 0.15) is 5.76 Å². The van der Waals surface area contributed by atoms with E-state index in [9.17, 15) is 9.90 Å². The summed E-state index contributed by atoms with van der Waals surface area (Å²) < 4.78 is 11.9. The molecule has 0 aliphatic heterocycles. The number of carboxylic acids is 1. The van der Waals surface area contributed by atoms with Crippen LogP contribution in [0.5, 0.6) is 0 Å². The third kappa shape index (κ3) is 3.49. The fraction of sp³-hybridized carbons (Fsp3) is 0.125. The van der Waals surface area contributed by atoms with Crippen molar-refractivity contribution in [2.24, 2.45) is 0 Å². The molecule has 0 unspecified atom stereocenters. The Kier molecular flexibility index (Phi) is 4.68. The Morgan fingerprint density at radius 2 is 2.08 bits per heavy atom. The van der Waals surface area contributed by atoms with Gasteiger partial charge in [-0.15, -0.1) is 0 Å². The van der Waals surface area contributed by atoms with Crippen molar-refractivity contribution >= 4 is 56.7 Å². The van der Waals surface area contributed by atoms with E-state index in [0.717, 1.165) is 16.2 Å². The van der Waals surface area contributed by atoms with E-state index in [1.165, 1.54) is 6.08 Å². The first kappa shape index (κ1) is 16.7. The first-order valence-electron chi connectivity index (χ1n) is 6.89. The van der Waals surface area contributed by atoms with Gasteiger partial charge in [-0.2, -0.15) is 0 Å². The van der Waals surface area contributed by atoms with Gasteiger partial charge in [0.05, 0.1) is 4.47 Å². The van der Waals surface area contributed by atoms with E-state index in [2.05, 4.69) is 20.9 Å². The van der Waals surface area contributed by atoms with Gasteiger partial charge in [-0.05, 0) is 39.8 Å². The molecule has 3 rings (SSSR count). The normalized spacial score (nSPS) is 11.9. The molecule has 0 saturated carbocycles. The van der Waals surface area contributed by atoms with Gasteiger partial charge in [0, 0.05) is 26.2 Å². The van der Waals surface area contributed by atoms with Crippen LogP contribution in [-0.2, 0) is 4.79 Å². The van der Waals surface area contributed by atoms with Gasteiger partial charge in [0.1, 0.15) is 16.2 Å². The van der Waals surface area contributed by atoms with Crippen molar-refractivity contribution in [2.45, 2.75) is 5.22 Å². The molecule has 2 heterocycles. The predicted molar refractivity (Wildman–Crippen MR) is 96.2 cm³/mol. The Morgan fingerprint density at radius 1 is 1.33 bits per heavy atom. The number of aromatic nitrogens is 1. The minimum Gasteiger partial charge on any atom is -0.477 e. The summed E-state index contributed by atoms with van der Waals surface area (Å²) in [5.41, 5.74) is 1.29. The third-order valence-corrected chi connectivity index (χ3v) is 4.48. The second-order valence-corrected chi connectivity index (χ2v) is 6.91. The lowest BCUT2D eigenvalue weighted by Crippen LogP contribution is -2.07. The van der Waals surface area contributed by atoms with Crippen molar-refractivity contribution in [1.82, 2.24) is 4.98 Å². The summed E-state index contributed by atoms with van der Waals surface area (Å²) in [5.74, 6) is -0.0504. The number of carbonyl (C=O) groups is 1. The molecule has 3 aromatic rings. The Hall–Kier alpha value is -2.19. The van der Waals surface area contributed by atoms with E-state index in [4.69, 9.17) is 8.83 Å². The summed E-state index contributed by atoms with van der Waals surface area (Å²) in [6.45, 7) is 0. The van der Waals surface area contributed by atoms with Crippen LogP contribution in [0.3, 0.4) is 0 Å². The van der Waals surface area contributed by atoms with E-state index in [1.54, 1.807) is 23.1 Å². The van der Waals surface area contributed by atoms with Crippen molar-refractivity contribution in [2.75, 3.05) is 19.0 Å². The molecule has 1 aromatic carbocycles. The van der Waals surface area contributed by atoms with Crippen molar-refractivity contribution in [3.05, 3.63) is 45.5 Å². The van der Waals surface area contributed by atoms with Gasteiger partial charge in [0.15, 0.2) is 5.58 Å². The van der Waals surface area contributed by atoms with Crippen molar-refractivity contribution < 1.29 is 18.7 Å². The largest absolute Gasteiger partial charge is 0.477 e. The number of para-hydroxylation sites is 2. The minimum atomic E-state index is -1.08. The molecule has 0 radical (unpaired) electrons. The average molecular weight is 409 g/mol. The number of halogens is 1. The lowest BCUT2D eigenvalue weighted by atomic mass is 10.3. The fourth-order valence-corrected chi connectivity index (χ4v) is 3.39. The maximum absolute atomic E-state index is 11.5. The Balaban J connectivity index is 1.92. The number of oxazole rings is 1. The number of carboxylic acid groups (broad SMARTS) is 1. The molecule has 0 amide bonds. The van der Waals surface area contributed by atoms with Gasteiger partial charge < -0.3 is 18.8 Å². The Morgan fingerprint density at radius 3 is 2.71 bits per heavy atom. The number of furan rings is 1. The highest BCUT2D eigenvalue weighted by atomic mass is 79.9. The second-order valence-electron chi connectivity index (χ2n) is 5.06. The first-order valence-corrected chi connectivity index (χ1v) is 8.50. The van der Waals surface area contributed by atoms with Crippen molar-refractivity contribution in [3.8, 4) is 0 Å². The molecule has 0 fully saturated rings. The number of hydrogen-bond donors (Lipinski definition) is 1. The highest BCUT2D eigenvalue weighted by Gasteiger charge is 2.17. The molecule has 2 aromatic heterocycles. The zero-order valence-electron chi connectivity index (χ0n) is 12.8. The minimum absolute atomic E-state index is 0.0492. The molecular weight excluding hydrogens is 396 g/mol. The topological polar surface area (TPSA) is 79.7 Å². The number of benzene rings is 1. The molecule has 0 aliphatic rings. The van der Waals surface area contributed by atoms with Crippen LogP contribution >= 0.6 is 27.7 Å². The van der Waals surface area contributed by atoms with Crippen LogP contribution in [0, 0.1) is 0 Å². The first-order chi connectivity index (χ1) is 11.4. The molecule has 124 valence electrons. The number of fused-ring (bicyclic) bond motifs is 1. The highest BCUT2D eigenvalue weighted by molar-refractivity contribution is 9.10. The fourth-order valence-electron chi connectivity index (χ4n) is 2.01. The van der Waals surface area contributed by atoms with E-state index in [-0.39, 0.29) is 10.1 Å². The molecule has 0 aliphatic carbocycles.